The first-order valence-electron chi connectivity index (χ1n) is 11.7. The van der Waals surface area contributed by atoms with Gasteiger partial charge in [-0.15, -0.1) is 0 Å². The van der Waals surface area contributed by atoms with Crippen LogP contribution in [0.5, 0.6) is 0 Å². The Kier molecular flexibility index (Phi) is 8.90. The van der Waals surface area contributed by atoms with Crippen LogP contribution in [0.1, 0.15) is 22.6 Å². The van der Waals surface area contributed by atoms with E-state index in [1.54, 1.807) is 36.4 Å². The van der Waals surface area contributed by atoms with Crippen LogP contribution >= 0.6 is 23.2 Å². The van der Waals surface area contributed by atoms with E-state index in [0.29, 0.717) is 21.5 Å². The smallest absolute Gasteiger partial charge is 0.266 e. The van der Waals surface area contributed by atoms with Crippen LogP contribution in [-0.2, 0) is 27.9 Å². The summed E-state index contributed by atoms with van der Waals surface area (Å²) >= 11 is 11.9. The molecule has 3 aromatic carbocycles. The van der Waals surface area contributed by atoms with Gasteiger partial charge in [-0.1, -0.05) is 59.1 Å². The molecule has 0 saturated carbocycles. The van der Waals surface area contributed by atoms with Crippen molar-refractivity contribution in [2.24, 2.45) is 0 Å². The zero-order valence-electron chi connectivity index (χ0n) is 20.8. The molecular formula is C29H23Cl2N3O4S. The normalized spacial score (nSPS) is 11.8. The number of sulfonamides is 1. The number of hydrogen-bond acceptors (Lipinski definition) is 5. The Morgan fingerprint density at radius 2 is 1.69 bits per heavy atom. The number of nitriles is 1. The van der Waals surface area contributed by atoms with E-state index >= 15 is 0 Å². The molecule has 4 aromatic rings. The number of carbonyl (C=O) groups excluding carboxylic acids is 1. The van der Waals surface area contributed by atoms with Gasteiger partial charge in [-0.05, 0) is 67.1 Å². The Labute approximate surface area is 236 Å². The van der Waals surface area contributed by atoms with Crippen molar-refractivity contribution in [3.05, 3.63) is 123 Å². The van der Waals surface area contributed by atoms with Crippen LogP contribution in [-0.4, -0.2) is 18.6 Å². The van der Waals surface area contributed by atoms with E-state index in [9.17, 15) is 18.5 Å². The summed E-state index contributed by atoms with van der Waals surface area (Å²) in [6.45, 7) is 1.97. The molecule has 0 aliphatic carbocycles. The summed E-state index contributed by atoms with van der Waals surface area (Å²) < 4.78 is 34.2. The number of rotatable bonds is 9. The molecule has 0 spiro atoms. The molecule has 1 heterocycles. The lowest BCUT2D eigenvalue weighted by Gasteiger charge is -2.21. The van der Waals surface area contributed by atoms with Crippen LogP contribution in [0.25, 0.3) is 6.08 Å². The SMILES string of the molecule is Cc1ccc(CN(Cc2ccc(/C=C(/C#N)C(=O)Nc3cccc(Cl)c3)o2)S(=O)(=O)c2ccc(Cl)cc2)cc1. The molecule has 39 heavy (non-hydrogen) atoms. The van der Waals surface area contributed by atoms with Crippen LogP contribution < -0.4 is 5.32 Å². The van der Waals surface area contributed by atoms with Crippen LogP contribution in [0, 0.1) is 18.3 Å². The molecule has 7 nitrogen and oxygen atoms in total. The summed E-state index contributed by atoms with van der Waals surface area (Å²) in [5, 5.41) is 13.0. The second-order valence-electron chi connectivity index (χ2n) is 8.65. The van der Waals surface area contributed by atoms with E-state index in [1.807, 2.05) is 37.3 Å². The molecule has 0 aliphatic rings. The molecule has 0 saturated heterocycles. The number of aryl methyl sites for hydroxylation is 1. The second-order valence-corrected chi connectivity index (χ2v) is 11.5. The molecule has 10 heteroatoms. The topological polar surface area (TPSA) is 103 Å². The van der Waals surface area contributed by atoms with Crippen LogP contribution in [0.15, 0.2) is 99.8 Å². The van der Waals surface area contributed by atoms with Gasteiger partial charge in [-0.25, -0.2) is 8.42 Å². The lowest BCUT2D eigenvalue weighted by Crippen LogP contribution is -2.30. The maximum Gasteiger partial charge on any atom is 0.266 e. The summed E-state index contributed by atoms with van der Waals surface area (Å²) in [5.41, 5.74) is 2.10. The van der Waals surface area contributed by atoms with E-state index in [0.717, 1.165) is 11.1 Å². The molecule has 0 aliphatic heterocycles. The first-order chi connectivity index (χ1) is 18.6. The third kappa shape index (κ3) is 7.37. The van der Waals surface area contributed by atoms with Crippen molar-refractivity contribution < 1.29 is 17.6 Å². The Balaban J connectivity index is 1.58. The Morgan fingerprint density at radius 1 is 0.974 bits per heavy atom. The Morgan fingerprint density at radius 3 is 2.36 bits per heavy atom. The van der Waals surface area contributed by atoms with E-state index in [2.05, 4.69) is 5.32 Å². The third-order valence-corrected chi connectivity index (χ3v) is 7.97. The molecule has 0 atom stereocenters. The largest absolute Gasteiger partial charge is 0.460 e. The minimum atomic E-state index is -3.92. The summed E-state index contributed by atoms with van der Waals surface area (Å²) in [6, 6.07) is 25.1. The van der Waals surface area contributed by atoms with Gasteiger partial charge in [0.15, 0.2) is 0 Å². The first-order valence-corrected chi connectivity index (χ1v) is 13.9. The van der Waals surface area contributed by atoms with Crippen molar-refractivity contribution in [3.63, 3.8) is 0 Å². The second kappa shape index (κ2) is 12.3. The number of anilines is 1. The van der Waals surface area contributed by atoms with Gasteiger partial charge < -0.3 is 9.73 Å². The van der Waals surface area contributed by atoms with Crippen molar-refractivity contribution in [1.82, 2.24) is 4.31 Å². The van der Waals surface area contributed by atoms with E-state index < -0.39 is 15.9 Å². The maximum atomic E-state index is 13.6. The summed E-state index contributed by atoms with van der Waals surface area (Å²) in [6.07, 6.45) is 1.29. The highest BCUT2D eigenvalue weighted by Gasteiger charge is 2.26. The van der Waals surface area contributed by atoms with E-state index in [-0.39, 0.29) is 29.3 Å². The van der Waals surface area contributed by atoms with Crippen molar-refractivity contribution in [1.29, 1.82) is 5.26 Å². The van der Waals surface area contributed by atoms with E-state index in [1.165, 1.54) is 34.6 Å². The highest BCUT2D eigenvalue weighted by molar-refractivity contribution is 7.89. The van der Waals surface area contributed by atoms with Crippen molar-refractivity contribution >= 4 is 50.9 Å². The predicted octanol–water partition coefficient (Wildman–Crippen LogP) is 6.83. The number of amides is 1. The third-order valence-electron chi connectivity index (χ3n) is 5.68. The summed E-state index contributed by atoms with van der Waals surface area (Å²) in [4.78, 5) is 12.7. The fraction of sp³-hybridized carbons (Fsp3) is 0.103. The predicted molar refractivity (Wildman–Crippen MR) is 151 cm³/mol. The molecule has 0 bridgehead atoms. The lowest BCUT2D eigenvalue weighted by molar-refractivity contribution is -0.112. The number of carbonyl (C=O) groups is 1. The summed E-state index contributed by atoms with van der Waals surface area (Å²) in [5.74, 6) is -0.0792. The monoisotopic (exact) mass is 579 g/mol. The maximum absolute atomic E-state index is 13.6. The summed E-state index contributed by atoms with van der Waals surface area (Å²) in [7, 11) is -3.92. The first kappa shape index (κ1) is 28.1. The average molecular weight is 580 g/mol. The Hall–Kier alpha value is -3.87. The molecule has 0 unspecified atom stereocenters. The van der Waals surface area contributed by atoms with Crippen molar-refractivity contribution in [3.8, 4) is 6.07 Å². The minimum absolute atomic E-state index is 0.0801. The molecular weight excluding hydrogens is 557 g/mol. The molecule has 0 radical (unpaired) electrons. The molecule has 1 N–H and O–H groups in total. The standard InChI is InChI=1S/C29H23Cl2N3O4S/c1-20-5-7-21(8-6-20)18-34(39(36,37)28-13-9-23(30)10-14-28)19-27-12-11-26(38-27)15-22(17-32)29(35)33-25-4-2-3-24(31)16-25/h2-16H,18-19H2,1H3,(H,33,35)/b22-15-. The minimum Gasteiger partial charge on any atom is -0.460 e. The van der Waals surface area contributed by atoms with Crippen LogP contribution in [0.4, 0.5) is 5.69 Å². The van der Waals surface area contributed by atoms with Gasteiger partial charge in [-0.2, -0.15) is 9.57 Å². The molecule has 4 rings (SSSR count). The molecule has 198 valence electrons. The van der Waals surface area contributed by atoms with Crippen molar-refractivity contribution in [2.45, 2.75) is 24.9 Å². The Bertz CT molecular complexity index is 1660. The zero-order valence-corrected chi connectivity index (χ0v) is 23.1. The fourth-order valence-electron chi connectivity index (χ4n) is 3.67. The fourth-order valence-corrected chi connectivity index (χ4v) is 5.38. The average Bonchev–Trinajstić information content (AvgIpc) is 3.35. The number of hydrogen-bond donors (Lipinski definition) is 1. The van der Waals surface area contributed by atoms with Gasteiger partial charge in [0.2, 0.25) is 10.0 Å². The number of halogens is 2. The van der Waals surface area contributed by atoms with Gasteiger partial charge >= 0.3 is 0 Å². The highest BCUT2D eigenvalue weighted by atomic mass is 35.5. The van der Waals surface area contributed by atoms with Gasteiger partial charge in [0.05, 0.1) is 11.4 Å². The zero-order chi connectivity index (χ0) is 28.0. The van der Waals surface area contributed by atoms with Gasteiger partial charge in [0.25, 0.3) is 5.91 Å². The number of benzene rings is 3. The van der Waals surface area contributed by atoms with Crippen LogP contribution in [0.3, 0.4) is 0 Å². The quantitative estimate of drug-likeness (QED) is 0.173. The number of nitrogens with zero attached hydrogens (tertiary/aromatic N) is 2. The molecule has 1 aromatic heterocycles. The highest BCUT2D eigenvalue weighted by Crippen LogP contribution is 2.24. The van der Waals surface area contributed by atoms with Gasteiger partial charge in [0.1, 0.15) is 23.2 Å². The van der Waals surface area contributed by atoms with Crippen LogP contribution in [0.2, 0.25) is 10.0 Å². The van der Waals surface area contributed by atoms with Gasteiger partial charge in [-0.3, -0.25) is 4.79 Å². The molecule has 1 amide bonds. The number of nitrogens with one attached hydrogen (secondary N) is 1. The lowest BCUT2D eigenvalue weighted by atomic mass is 10.1. The van der Waals surface area contributed by atoms with Gasteiger partial charge in [0, 0.05) is 28.4 Å². The number of furan rings is 1. The van der Waals surface area contributed by atoms with E-state index in [4.69, 9.17) is 27.6 Å². The molecule has 0 fully saturated rings. The van der Waals surface area contributed by atoms with Crippen molar-refractivity contribution in [2.75, 3.05) is 5.32 Å².